The number of carbonyl (C=O) groups is 1. The SMILES string of the molecule is CCC1=COCC1=O. The van der Waals surface area contributed by atoms with Gasteiger partial charge in [0, 0.05) is 5.57 Å². The first-order chi connectivity index (χ1) is 3.84. The van der Waals surface area contributed by atoms with Crippen LogP contribution in [0.5, 0.6) is 0 Å². The predicted octanol–water partition coefficient (Wildman–Crippen LogP) is 0.880. The Morgan fingerprint density at radius 2 is 2.62 bits per heavy atom. The first kappa shape index (κ1) is 5.35. The third-order valence-corrected chi connectivity index (χ3v) is 1.18. The van der Waals surface area contributed by atoms with E-state index in [1.807, 2.05) is 6.92 Å². The fourth-order valence-corrected chi connectivity index (χ4v) is 0.657. The molecule has 2 heteroatoms. The fraction of sp³-hybridized carbons (Fsp3) is 0.500. The Kier molecular flexibility index (Phi) is 1.33. The van der Waals surface area contributed by atoms with Gasteiger partial charge in [0.25, 0.3) is 0 Å². The summed E-state index contributed by atoms with van der Waals surface area (Å²) in [6, 6.07) is 0. The van der Waals surface area contributed by atoms with Gasteiger partial charge in [0.1, 0.15) is 6.61 Å². The van der Waals surface area contributed by atoms with Gasteiger partial charge in [-0.1, -0.05) is 6.92 Å². The minimum Gasteiger partial charge on any atom is -0.493 e. The van der Waals surface area contributed by atoms with Crippen LogP contribution in [-0.2, 0) is 9.53 Å². The Bertz CT molecular complexity index is 135. The third kappa shape index (κ3) is 0.735. The number of carbonyl (C=O) groups excluding carboxylic acids is 1. The van der Waals surface area contributed by atoms with E-state index in [9.17, 15) is 4.79 Å². The monoisotopic (exact) mass is 112 g/mol. The highest BCUT2D eigenvalue weighted by molar-refractivity contribution is 5.97. The Balaban J connectivity index is 2.62. The smallest absolute Gasteiger partial charge is 0.199 e. The molecule has 44 valence electrons. The molecule has 0 bridgehead atoms. The third-order valence-electron chi connectivity index (χ3n) is 1.18. The zero-order valence-corrected chi connectivity index (χ0v) is 4.81. The molecule has 0 fully saturated rings. The van der Waals surface area contributed by atoms with Crippen molar-refractivity contribution in [2.45, 2.75) is 13.3 Å². The van der Waals surface area contributed by atoms with E-state index < -0.39 is 0 Å². The van der Waals surface area contributed by atoms with Crippen molar-refractivity contribution in [1.82, 2.24) is 0 Å². The fourth-order valence-electron chi connectivity index (χ4n) is 0.657. The molecule has 0 atom stereocenters. The average Bonchev–Trinajstić information content (AvgIpc) is 2.14. The number of Topliss-reactive ketones (excluding diaryl/α,β-unsaturated/α-hetero) is 1. The van der Waals surface area contributed by atoms with Crippen LogP contribution in [0.1, 0.15) is 13.3 Å². The van der Waals surface area contributed by atoms with E-state index in [2.05, 4.69) is 0 Å². The van der Waals surface area contributed by atoms with Gasteiger partial charge >= 0.3 is 0 Å². The van der Waals surface area contributed by atoms with Crippen LogP contribution in [-0.4, -0.2) is 12.4 Å². The van der Waals surface area contributed by atoms with Gasteiger partial charge < -0.3 is 4.74 Å². The predicted molar refractivity (Wildman–Crippen MR) is 29.3 cm³/mol. The van der Waals surface area contributed by atoms with Crippen molar-refractivity contribution >= 4 is 5.78 Å². The molecule has 0 N–H and O–H groups in total. The summed E-state index contributed by atoms with van der Waals surface area (Å²) >= 11 is 0. The van der Waals surface area contributed by atoms with Gasteiger partial charge in [-0.2, -0.15) is 0 Å². The molecule has 0 aromatic rings. The van der Waals surface area contributed by atoms with E-state index >= 15 is 0 Å². The van der Waals surface area contributed by atoms with Crippen LogP contribution in [0.15, 0.2) is 11.8 Å². The molecule has 1 aliphatic rings. The van der Waals surface area contributed by atoms with Crippen LogP contribution >= 0.6 is 0 Å². The maximum atomic E-state index is 10.6. The molecular weight excluding hydrogens is 104 g/mol. The Morgan fingerprint density at radius 3 is 2.88 bits per heavy atom. The molecule has 1 rings (SSSR count). The lowest BCUT2D eigenvalue weighted by molar-refractivity contribution is -0.116. The molecule has 0 amide bonds. The van der Waals surface area contributed by atoms with Gasteiger partial charge in [0.05, 0.1) is 6.26 Å². The van der Waals surface area contributed by atoms with Crippen molar-refractivity contribution in [3.8, 4) is 0 Å². The average molecular weight is 112 g/mol. The highest BCUT2D eigenvalue weighted by Gasteiger charge is 2.12. The minimum atomic E-state index is 0.132. The van der Waals surface area contributed by atoms with Crippen molar-refractivity contribution in [3.05, 3.63) is 11.8 Å². The number of rotatable bonds is 1. The molecule has 0 radical (unpaired) electrons. The van der Waals surface area contributed by atoms with E-state index in [0.717, 1.165) is 12.0 Å². The molecule has 0 aliphatic carbocycles. The van der Waals surface area contributed by atoms with Gasteiger partial charge in [-0.15, -0.1) is 0 Å². The lowest BCUT2D eigenvalue weighted by Crippen LogP contribution is -1.99. The standard InChI is InChI=1S/C6H8O2/c1-2-5-3-8-4-6(5)7/h3H,2,4H2,1H3. The number of hydrogen-bond acceptors (Lipinski definition) is 2. The van der Waals surface area contributed by atoms with Gasteiger partial charge in [-0.3, -0.25) is 4.79 Å². The Labute approximate surface area is 48.1 Å². The van der Waals surface area contributed by atoms with E-state index in [0.29, 0.717) is 0 Å². The normalized spacial score (nSPS) is 18.1. The van der Waals surface area contributed by atoms with Crippen LogP contribution in [0.25, 0.3) is 0 Å². The molecule has 1 aliphatic heterocycles. The second-order valence-corrected chi connectivity index (χ2v) is 1.73. The van der Waals surface area contributed by atoms with Crippen LogP contribution < -0.4 is 0 Å². The topological polar surface area (TPSA) is 26.3 Å². The summed E-state index contributed by atoms with van der Waals surface area (Å²) in [5, 5.41) is 0. The summed E-state index contributed by atoms with van der Waals surface area (Å²) < 4.78 is 4.75. The maximum Gasteiger partial charge on any atom is 0.199 e. The molecule has 8 heavy (non-hydrogen) atoms. The van der Waals surface area contributed by atoms with Crippen molar-refractivity contribution in [1.29, 1.82) is 0 Å². The van der Waals surface area contributed by atoms with E-state index in [-0.39, 0.29) is 12.4 Å². The molecule has 0 spiro atoms. The van der Waals surface area contributed by atoms with Crippen molar-refractivity contribution in [2.75, 3.05) is 6.61 Å². The first-order valence-corrected chi connectivity index (χ1v) is 2.68. The van der Waals surface area contributed by atoms with Crippen LogP contribution in [0, 0.1) is 0 Å². The molecule has 1 heterocycles. The first-order valence-electron chi connectivity index (χ1n) is 2.68. The molecule has 0 aromatic heterocycles. The molecule has 0 aromatic carbocycles. The number of hydrogen-bond donors (Lipinski definition) is 0. The molecular formula is C6H8O2. The van der Waals surface area contributed by atoms with Crippen molar-refractivity contribution in [2.24, 2.45) is 0 Å². The number of ketones is 1. The van der Waals surface area contributed by atoms with Crippen molar-refractivity contribution < 1.29 is 9.53 Å². The molecule has 0 unspecified atom stereocenters. The van der Waals surface area contributed by atoms with Crippen LogP contribution in [0.2, 0.25) is 0 Å². The highest BCUT2D eigenvalue weighted by atomic mass is 16.5. The van der Waals surface area contributed by atoms with E-state index in [4.69, 9.17) is 4.74 Å². The quantitative estimate of drug-likeness (QED) is 0.503. The summed E-state index contributed by atoms with van der Waals surface area (Å²) in [5.74, 6) is 0.132. The van der Waals surface area contributed by atoms with Gasteiger partial charge in [-0.25, -0.2) is 0 Å². The van der Waals surface area contributed by atoms with Crippen molar-refractivity contribution in [3.63, 3.8) is 0 Å². The number of ether oxygens (including phenoxy) is 1. The Morgan fingerprint density at radius 1 is 1.88 bits per heavy atom. The van der Waals surface area contributed by atoms with E-state index in [1.54, 1.807) is 6.26 Å². The van der Waals surface area contributed by atoms with Gasteiger partial charge in [0.15, 0.2) is 5.78 Å². The summed E-state index contributed by atoms with van der Waals surface area (Å²) in [6.07, 6.45) is 2.33. The van der Waals surface area contributed by atoms with Gasteiger partial charge in [-0.05, 0) is 6.42 Å². The summed E-state index contributed by atoms with van der Waals surface area (Å²) in [4.78, 5) is 10.6. The minimum absolute atomic E-state index is 0.132. The summed E-state index contributed by atoms with van der Waals surface area (Å²) in [7, 11) is 0. The maximum absolute atomic E-state index is 10.6. The van der Waals surface area contributed by atoms with Crippen LogP contribution in [0.4, 0.5) is 0 Å². The molecule has 2 nitrogen and oxygen atoms in total. The van der Waals surface area contributed by atoms with E-state index in [1.165, 1.54) is 0 Å². The lowest BCUT2D eigenvalue weighted by atomic mass is 10.2. The van der Waals surface area contributed by atoms with Gasteiger partial charge in [0.2, 0.25) is 0 Å². The largest absolute Gasteiger partial charge is 0.493 e. The second kappa shape index (κ2) is 1.99. The Hall–Kier alpha value is -0.790. The molecule has 0 saturated heterocycles. The summed E-state index contributed by atoms with van der Waals surface area (Å²) in [6.45, 7) is 2.20. The zero-order valence-electron chi connectivity index (χ0n) is 4.81. The summed E-state index contributed by atoms with van der Waals surface area (Å²) in [5.41, 5.74) is 0.810. The van der Waals surface area contributed by atoms with Crippen LogP contribution in [0.3, 0.4) is 0 Å². The molecule has 0 saturated carbocycles. The highest BCUT2D eigenvalue weighted by Crippen LogP contribution is 2.08. The lowest BCUT2D eigenvalue weighted by Gasteiger charge is -1.85. The second-order valence-electron chi connectivity index (χ2n) is 1.73. The zero-order chi connectivity index (χ0) is 5.98.